The summed E-state index contributed by atoms with van der Waals surface area (Å²) in [5.74, 6) is 0.849. The number of rotatable bonds is 9. The molecule has 2 N–H and O–H groups in total. The average molecular weight is 271 g/mol. The lowest BCUT2D eigenvalue weighted by Gasteiger charge is -2.33. The summed E-state index contributed by atoms with van der Waals surface area (Å²) < 4.78 is 0. The molecule has 0 bridgehead atoms. The topological polar surface area (TPSA) is 38.7 Å². The first-order valence-corrected chi connectivity index (χ1v) is 7.87. The number of aliphatic hydroxyl groups excluding tert-OH is 1. The van der Waals surface area contributed by atoms with Gasteiger partial charge in [0.05, 0.1) is 0 Å². The quantitative estimate of drug-likeness (QED) is 0.656. The molecule has 4 heteroatoms. The summed E-state index contributed by atoms with van der Waals surface area (Å²) in [5, 5.41) is 12.7. The van der Waals surface area contributed by atoms with Gasteiger partial charge in [0.2, 0.25) is 0 Å². The van der Waals surface area contributed by atoms with E-state index in [-0.39, 0.29) is 6.61 Å². The van der Waals surface area contributed by atoms with Gasteiger partial charge >= 0.3 is 0 Å². The summed E-state index contributed by atoms with van der Waals surface area (Å²) in [7, 11) is 4.43. The Morgan fingerprint density at radius 3 is 2.63 bits per heavy atom. The second kappa shape index (κ2) is 9.70. The number of hydrogen-bond donors (Lipinski definition) is 2. The van der Waals surface area contributed by atoms with Crippen molar-refractivity contribution in [1.82, 2.24) is 15.1 Å². The molecule has 1 rings (SSSR count). The van der Waals surface area contributed by atoms with E-state index in [0.29, 0.717) is 6.04 Å². The first-order chi connectivity index (χ1) is 9.15. The number of nitrogens with zero attached hydrogens (tertiary/aromatic N) is 2. The zero-order valence-corrected chi connectivity index (χ0v) is 13.1. The third kappa shape index (κ3) is 7.25. The third-order valence-corrected chi connectivity index (χ3v) is 4.10. The van der Waals surface area contributed by atoms with Crippen molar-refractivity contribution in [2.24, 2.45) is 5.92 Å². The minimum Gasteiger partial charge on any atom is -0.396 e. The van der Waals surface area contributed by atoms with Crippen LogP contribution in [-0.2, 0) is 0 Å². The van der Waals surface area contributed by atoms with Gasteiger partial charge in [0.1, 0.15) is 0 Å². The Kier molecular flexibility index (Phi) is 8.62. The van der Waals surface area contributed by atoms with Crippen LogP contribution in [0, 0.1) is 5.92 Å². The number of likely N-dealkylation sites (N-methyl/N-ethyl adjacent to an activating group) is 1. The summed E-state index contributed by atoms with van der Waals surface area (Å²) in [5.41, 5.74) is 0. The van der Waals surface area contributed by atoms with Crippen LogP contribution >= 0.6 is 0 Å². The van der Waals surface area contributed by atoms with E-state index in [0.717, 1.165) is 31.8 Å². The number of nitrogens with one attached hydrogen (secondary N) is 1. The summed E-state index contributed by atoms with van der Waals surface area (Å²) in [6.07, 6.45) is 4.67. The van der Waals surface area contributed by atoms with Gasteiger partial charge in [-0.1, -0.05) is 6.92 Å². The van der Waals surface area contributed by atoms with Gasteiger partial charge < -0.3 is 20.2 Å². The van der Waals surface area contributed by atoms with Gasteiger partial charge in [-0.05, 0) is 65.3 Å². The first-order valence-electron chi connectivity index (χ1n) is 7.87. The van der Waals surface area contributed by atoms with Crippen LogP contribution in [0.25, 0.3) is 0 Å². The molecule has 1 atom stereocenters. The minimum atomic E-state index is 0.281. The molecule has 1 aliphatic heterocycles. The molecular formula is C15H33N3O. The molecule has 0 spiro atoms. The number of likely N-dealkylation sites (tertiary alicyclic amines) is 1. The summed E-state index contributed by atoms with van der Waals surface area (Å²) in [4.78, 5) is 4.87. The summed E-state index contributed by atoms with van der Waals surface area (Å²) in [6.45, 7) is 8.25. The normalized spacial score (nSPS) is 20.1. The van der Waals surface area contributed by atoms with Gasteiger partial charge in [-0.3, -0.25) is 0 Å². The van der Waals surface area contributed by atoms with Gasteiger partial charge in [-0.2, -0.15) is 0 Å². The van der Waals surface area contributed by atoms with E-state index in [1.165, 1.54) is 32.5 Å². The van der Waals surface area contributed by atoms with Gasteiger partial charge in [0.25, 0.3) is 0 Å². The van der Waals surface area contributed by atoms with E-state index >= 15 is 0 Å². The lowest BCUT2D eigenvalue weighted by molar-refractivity contribution is 0.163. The van der Waals surface area contributed by atoms with Crippen molar-refractivity contribution in [3.63, 3.8) is 0 Å². The van der Waals surface area contributed by atoms with Crippen LogP contribution in [0.5, 0.6) is 0 Å². The molecule has 1 heterocycles. The van der Waals surface area contributed by atoms with Crippen LogP contribution in [0.2, 0.25) is 0 Å². The van der Waals surface area contributed by atoms with Gasteiger partial charge in [-0.15, -0.1) is 0 Å². The standard InChI is InChI=1S/C15H33N3O/c1-4-8-16-15(7-11-19)13-18(3)12-14-5-9-17(2)10-6-14/h14-16,19H,4-13H2,1-3H3. The molecule has 1 fully saturated rings. The first kappa shape index (κ1) is 16.9. The maximum Gasteiger partial charge on any atom is 0.0446 e. The van der Waals surface area contributed by atoms with E-state index in [2.05, 4.69) is 36.1 Å². The zero-order valence-electron chi connectivity index (χ0n) is 13.1. The highest BCUT2D eigenvalue weighted by Gasteiger charge is 2.19. The van der Waals surface area contributed by atoms with Crippen LogP contribution in [0.15, 0.2) is 0 Å². The van der Waals surface area contributed by atoms with Crippen molar-refractivity contribution in [2.45, 2.75) is 38.6 Å². The van der Waals surface area contributed by atoms with Crippen LogP contribution in [0.1, 0.15) is 32.6 Å². The molecule has 1 saturated heterocycles. The van der Waals surface area contributed by atoms with E-state index in [1.807, 2.05) is 0 Å². The highest BCUT2D eigenvalue weighted by atomic mass is 16.3. The number of aliphatic hydroxyl groups is 1. The maximum absolute atomic E-state index is 9.14. The second-order valence-corrected chi connectivity index (χ2v) is 6.13. The molecule has 114 valence electrons. The molecule has 0 radical (unpaired) electrons. The lowest BCUT2D eigenvalue weighted by Crippen LogP contribution is -2.43. The fraction of sp³-hybridized carbons (Fsp3) is 1.00. The van der Waals surface area contributed by atoms with Crippen molar-refractivity contribution in [3.05, 3.63) is 0 Å². The Balaban J connectivity index is 2.24. The fourth-order valence-corrected chi connectivity index (χ4v) is 2.90. The predicted octanol–water partition coefficient (Wildman–Crippen LogP) is 1.01. The molecule has 4 nitrogen and oxygen atoms in total. The molecule has 0 amide bonds. The van der Waals surface area contributed by atoms with Crippen LogP contribution in [0.4, 0.5) is 0 Å². The molecule has 19 heavy (non-hydrogen) atoms. The van der Waals surface area contributed by atoms with E-state index < -0.39 is 0 Å². The molecule has 0 aromatic heterocycles. The van der Waals surface area contributed by atoms with E-state index in [1.54, 1.807) is 0 Å². The fourth-order valence-electron chi connectivity index (χ4n) is 2.90. The molecular weight excluding hydrogens is 238 g/mol. The lowest BCUT2D eigenvalue weighted by atomic mass is 9.96. The van der Waals surface area contributed by atoms with E-state index in [9.17, 15) is 0 Å². The van der Waals surface area contributed by atoms with Crippen molar-refractivity contribution >= 4 is 0 Å². The molecule has 0 aliphatic carbocycles. The van der Waals surface area contributed by atoms with Crippen molar-refractivity contribution < 1.29 is 5.11 Å². The molecule has 0 aromatic rings. The Morgan fingerprint density at radius 1 is 1.37 bits per heavy atom. The average Bonchev–Trinajstić information content (AvgIpc) is 2.39. The van der Waals surface area contributed by atoms with Gasteiger partial charge in [0.15, 0.2) is 0 Å². The maximum atomic E-state index is 9.14. The van der Waals surface area contributed by atoms with E-state index in [4.69, 9.17) is 5.11 Å². The molecule has 0 saturated carbocycles. The smallest absolute Gasteiger partial charge is 0.0446 e. The Hall–Kier alpha value is -0.160. The van der Waals surface area contributed by atoms with Crippen molar-refractivity contribution in [3.8, 4) is 0 Å². The Bertz CT molecular complexity index is 217. The third-order valence-electron chi connectivity index (χ3n) is 4.10. The van der Waals surface area contributed by atoms with Crippen molar-refractivity contribution in [1.29, 1.82) is 0 Å². The van der Waals surface area contributed by atoms with Crippen LogP contribution in [-0.4, -0.2) is 74.4 Å². The zero-order chi connectivity index (χ0) is 14.1. The molecule has 0 aromatic carbocycles. The number of piperidine rings is 1. The highest BCUT2D eigenvalue weighted by Crippen LogP contribution is 2.16. The minimum absolute atomic E-state index is 0.281. The highest BCUT2D eigenvalue weighted by molar-refractivity contribution is 4.75. The number of hydrogen-bond acceptors (Lipinski definition) is 4. The van der Waals surface area contributed by atoms with Crippen molar-refractivity contribution in [2.75, 3.05) is 53.4 Å². The molecule has 1 aliphatic rings. The second-order valence-electron chi connectivity index (χ2n) is 6.13. The van der Waals surface area contributed by atoms with Gasteiger partial charge in [-0.25, -0.2) is 0 Å². The summed E-state index contributed by atoms with van der Waals surface area (Å²) >= 11 is 0. The summed E-state index contributed by atoms with van der Waals surface area (Å²) in [6, 6.07) is 0.432. The Labute approximate surface area is 119 Å². The predicted molar refractivity (Wildman–Crippen MR) is 81.5 cm³/mol. The van der Waals surface area contributed by atoms with Gasteiger partial charge in [0, 0.05) is 25.7 Å². The van der Waals surface area contributed by atoms with Crippen LogP contribution in [0.3, 0.4) is 0 Å². The largest absolute Gasteiger partial charge is 0.396 e. The Morgan fingerprint density at radius 2 is 2.05 bits per heavy atom. The monoisotopic (exact) mass is 271 g/mol. The van der Waals surface area contributed by atoms with Crippen LogP contribution < -0.4 is 5.32 Å². The SMILES string of the molecule is CCCNC(CCO)CN(C)CC1CCN(C)CC1. The molecule has 1 unspecified atom stereocenters.